The topological polar surface area (TPSA) is 55.2 Å². The van der Waals surface area contributed by atoms with Crippen LogP contribution in [0.5, 0.6) is 0 Å². The van der Waals surface area contributed by atoms with E-state index in [1.807, 2.05) is 18.2 Å². The van der Waals surface area contributed by atoms with Gasteiger partial charge in [0.1, 0.15) is 0 Å². The molecule has 2 aromatic rings. The highest BCUT2D eigenvalue weighted by molar-refractivity contribution is 14.1. The lowest BCUT2D eigenvalue weighted by Crippen LogP contribution is -2.05. The van der Waals surface area contributed by atoms with Gasteiger partial charge in [0.2, 0.25) is 0 Å². The average Bonchev–Trinajstić information content (AvgIpc) is 2.41. The minimum atomic E-state index is -0.381. The van der Waals surface area contributed by atoms with E-state index in [0.717, 1.165) is 24.2 Å². The fourth-order valence-electron chi connectivity index (χ4n) is 1.73. The smallest absolute Gasteiger partial charge is 0.269 e. The SMILES string of the molecule is O=[N+]([O-])c1ccc(CCNc2ccccc2I)cc1. The number of rotatable bonds is 5. The standard InChI is InChI=1S/C14H13IN2O2/c15-13-3-1-2-4-14(13)16-10-9-11-5-7-12(8-6-11)17(18)19/h1-8,16H,9-10H2. The molecular weight excluding hydrogens is 355 g/mol. The second kappa shape index (κ2) is 6.51. The molecule has 0 aromatic heterocycles. The first-order valence-corrected chi connectivity index (χ1v) is 6.96. The fraction of sp³-hybridized carbons (Fsp3) is 0.143. The van der Waals surface area contributed by atoms with Gasteiger partial charge in [-0.15, -0.1) is 0 Å². The summed E-state index contributed by atoms with van der Waals surface area (Å²) in [6, 6.07) is 14.8. The summed E-state index contributed by atoms with van der Waals surface area (Å²) in [4.78, 5) is 10.2. The summed E-state index contributed by atoms with van der Waals surface area (Å²) in [5.41, 5.74) is 2.34. The molecule has 1 N–H and O–H groups in total. The number of halogens is 1. The van der Waals surface area contributed by atoms with Gasteiger partial charge in [-0.3, -0.25) is 10.1 Å². The van der Waals surface area contributed by atoms with Crippen molar-refractivity contribution in [3.8, 4) is 0 Å². The molecule has 0 spiro atoms. The second-order valence-corrected chi connectivity index (χ2v) is 5.24. The molecule has 2 aromatic carbocycles. The highest BCUT2D eigenvalue weighted by atomic mass is 127. The number of hydrogen-bond donors (Lipinski definition) is 1. The van der Waals surface area contributed by atoms with Crippen molar-refractivity contribution in [1.29, 1.82) is 0 Å². The summed E-state index contributed by atoms with van der Waals surface area (Å²) in [7, 11) is 0. The lowest BCUT2D eigenvalue weighted by molar-refractivity contribution is -0.384. The van der Waals surface area contributed by atoms with Crippen LogP contribution in [0.4, 0.5) is 11.4 Å². The zero-order valence-corrected chi connectivity index (χ0v) is 12.3. The summed E-state index contributed by atoms with van der Waals surface area (Å²) in [5.74, 6) is 0. The quantitative estimate of drug-likeness (QED) is 0.496. The number of nitrogens with one attached hydrogen (secondary N) is 1. The summed E-state index contributed by atoms with van der Waals surface area (Å²) in [5, 5.41) is 13.9. The lowest BCUT2D eigenvalue weighted by Gasteiger charge is -2.08. The Balaban J connectivity index is 1.89. The van der Waals surface area contributed by atoms with Gasteiger partial charge in [-0.05, 0) is 46.7 Å². The second-order valence-electron chi connectivity index (χ2n) is 4.08. The Morgan fingerprint density at radius 3 is 2.42 bits per heavy atom. The molecule has 0 saturated carbocycles. The van der Waals surface area contributed by atoms with Crippen LogP contribution in [0, 0.1) is 13.7 Å². The molecule has 19 heavy (non-hydrogen) atoms. The molecule has 0 radical (unpaired) electrons. The molecule has 4 nitrogen and oxygen atoms in total. The van der Waals surface area contributed by atoms with Crippen LogP contribution in [0.1, 0.15) is 5.56 Å². The highest BCUT2D eigenvalue weighted by Gasteiger charge is 2.03. The third-order valence-electron chi connectivity index (χ3n) is 2.75. The Morgan fingerprint density at radius 1 is 1.11 bits per heavy atom. The van der Waals surface area contributed by atoms with Crippen LogP contribution in [0.3, 0.4) is 0 Å². The molecule has 0 atom stereocenters. The van der Waals surface area contributed by atoms with Gasteiger partial charge in [-0.1, -0.05) is 24.3 Å². The molecule has 5 heteroatoms. The maximum atomic E-state index is 10.5. The third-order valence-corrected chi connectivity index (χ3v) is 3.69. The maximum absolute atomic E-state index is 10.5. The van der Waals surface area contributed by atoms with E-state index < -0.39 is 0 Å². The van der Waals surface area contributed by atoms with Crippen molar-refractivity contribution in [2.24, 2.45) is 0 Å². The molecule has 0 unspecified atom stereocenters. The molecule has 2 rings (SSSR count). The normalized spacial score (nSPS) is 10.2. The predicted molar refractivity (Wildman–Crippen MR) is 84.4 cm³/mol. The van der Waals surface area contributed by atoms with Crippen LogP contribution in [0.25, 0.3) is 0 Å². The molecule has 98 valence electrons. The first kappa shape index (κ1) is 13.8. The summed E-state index contributed by atoms with van der Waals surface area (Å²) < 4.78 is 1.18. The number of non-ortho nitro benzene ring substituents is 1. The fourth-order valence-corrected chi connectivity index (χ4v) is 2.31. The molecule has 0 aliphatic carbocycles. The Bertz CT molecular complexity index is 570. The van der Waals surface area contributed by atoms with E-state index >= 15 is 0 Å². The van der Waals surface area contributed by atoms with E-state index in [1.165, 1.54) is 3.57 Å². The van der Waals surface area contributed by atoms with Gasteiger partial charge in [-0.2, -0.15) is 0 Å². The lowest BCUT2D eigenvalue weighted by atomic mass is 10.1. The highest BCUT2D eigenvalue weighted by Crippen LogP contribution is 2.17. The van der Waals surface area contributed by atoms with Gasteiger partial charge >= 0.3 is 0 Å². The van der Waals surface area contributed by atoms with E-state index in [4.69, 9.17) is 0 Å². The van der Waals surface area contributed by atoms with Gasteiger partial charge in [0.15, 0.2) is 0 Å². The number of benzene rings is 2. The van der Waals surface area contributed by atoms with Crippen molar-refractivity contribution in [1.82, 2.24) is 0 Å². The molecule has 0 fully saturated rings. The maximum Gasteiger partial charge on any atom is 0.269 e. The Hall–Kier alpha value is -1.63. The van der Waals surface area contributed by atoms with Gasteiger partial charge in [0, 0.05) is 27.9 Å². The zero-order chi connectivity index (χ0) is 13.7. The Morgan fingerprint density at radius 2 is 1.79 bits per heavy atom. The van der Waals surface area contributed by atoms with E-state index in [-0.39, 0.29) is 10.6 Å². The number of nitro groups is 1. The van der Waals surface area contributed by atoms with Crippen molar-refractivity contribution >= 4 is 34.0 Å². The van der Waals surface area contributed by atoms with Gasteiger partial charge in [0.05, 0.1) is 4.92 Å². The minimum Gasteiger partial charge on any atom is -0.384 e. The first-order valence-electron chi connectivity index (χ1n) is 5.88. The van der Waals surface area contributed by atoms with E-state index in [1.54, 1.807) is 24.3 Å². The molecule has 0 saturated heterocycles. The van der Waals surface area contributed by atoms with Crippen LogP contribution in [-0.4, -0.2) is 11.5 Å². The largest absolute Gasteiger partial charge is 0.384 e. The number of hydrogen-bond acceptors (Lipinski definition) is 3. The number of anilines is 1. The van der Waals surface area contributed by atoms with E-state index in [0.29, 0.717) is 0 Å². The Kier molecular flexibility index (Phi) is 4.73. The first-order chi connectivity index (χ1) is 9.16. The zero-order valence-electron chi connectivity index (χ0n) is 10.2. The van der Waals surface area contributed by atoms with Gasteiger partial charge in [-0.25, -0.2) is 0 Å². The molecule has 0 aliphatic rings. The van der Waals surface area contributed by atoms with Crippen molar-refractivity contribution in [2.45, 2.75) is 6.42 Å². The molecule has 0 heterocycles. The third kappa shape index (κ3) is 3.92. The number of nitro benzene ring substituents is 1. The molecule has 0 aliphatic heterocycles. The van der Waals surface area contributed by atoms with Crippen LogP contribution in [-0.2, 0) is 6.42 Å². The molecule has 0 amide bonds. The monoisotopic (exact) mass is 368 g/mol. The minimum absolute atomic E-state index is 0.134. The van der Waals surface area contributed by atoms with E-state index in [2.05, 4.69) is 34.0 Å². The molecular formula is C14H13IN2O2. The average molecular weight is 368 g/mol. The van der Waals surface area contributed by atoms with Crippen LogP contribution >= 0.6 is 22.6 Å². The molecule has 0 bridgehead atoms. The van der Waals surface area contributed by atoms with Crippen molar-refractivity contribution in [3.63, 3.8) is 0 Å². The predicted octanol–water partition coefficient (Wildman–Crippen LogP) is 3.85. The van der Waals surface area contributed by atoms with Gasteiger partial charge in [0.25, 0.3) is 5.69 Å². The van der Waals surface area contributed by atoms with Crippen LogP contribution < -0.4 is 5.32 Å². The number of nitrogens with zero attached hydrogens (tertiary/aromatic N) is 1. The Labute approximate surface area is 125 Å². The van der Waals surface area contributed by atoms with Crippen LogP contribution in [0.2, 0.25) is 0 Å². The summed E-state index contributed by atoms with van der Waals surface area (Å²) in [6.45, 7) is 0.803. The van der Waals surface area contributed by atoms with Crippen molar-refractivity contribution in [3.05, 3.63) is 67.8 Å². The van der Waals surface area contributed by atoms with Gasteiger partial charge < -0.3 is 5.32 Å². The summed E-state index contributed by atoms with van der Waals surface area (Å²) in [6.07, 6.45) is 0.836. The van der Waals surface area contributed by atoms with Crippen LogP contribution in [0.15, 0.2) is 48.5 Å². The summed E-state index contributed by atoms with van der Waals surface area (Å²) >= 11 is 2.29. The number of para-hydroxylation sites is 1. The van der Waals surface area contributed by atoms with Crippen molar-refractivity contribution in [2.75, 3.05) is 11.9 Å². The van der Waals surface area contributed by atoms with E-state index in [9.17, 15) is 10.1 Å². The van der Waals surface area contributed by atoms with Crippen molar-refractivity contribution < 1.29 is 4.92 Å².